The number of para-hydroxylation sites is 1. The fourth-order valence-electron chi connectivity index (χ4n) is 3.34. The van der Waals surface area contributed by atoms with Crippen LogP contribution in [0.3, 0.4) is 0 Å². The average Bonchev–Trinajstić information content (AvgIpc) is 2.97. The predicted molar refractivity (Wildman–Crippen MR) is 102 cm³/mol. The maximum atomic E-state index is 12.9. The monoisotopic (exact) mass is 390 g/mol. The molecule has 7 heteroatoms. The van der Waals surface area contributed by atoms with Gasteiger partial charge in [0.1, 0.15) is 5.92 Å². The summed E-state index contributed by atoms with van der Waals surface area (Å²) >= 11 is 1.50. The van der Waals surface area contributed by atoms with Gasteiger partial charge in [-0.15, -0.1) is 11.8 Å². The lowest BCUT2D eigenvalue weighted by Crippen LogP contribution is -2.32. The third-order valence-corrected chi connectivity index (χ3v) is 5.57. The van der Waals surface area contributed by atoms with E-state index in [1.807, 2.05) is 24.5 Å². The number of nitrogens with one attached hydrogen (secondary N) is 1. The van der Waals surface area contributed by atoms with Gasteiger partial charge in [-0.05, 0) is 24.0 Å². The Morgan fingerprint density at radius 3 is 2.48 bits per heavy atom. The molecule has 0 unspecified atom stereocenters. The Morgan fingerprint density at radius 2 is 1.85 bits per heavy atom. The average molecular weight is 390 g/mol. The Labute approximate surface area is 160 Å². The maximum absolute atomic E-state index is 12.9. The molecule has 0 bridgehead atoms. The first kappa shape index (κ1) is 19.4. The molecule has 1 fully saturated rings. The molecule has 1 aliphatic heterocycles. The number of likely N-dealkylation sites (tertiary alicyclic amines) is 1. The van der Waals surface area contributed by atoms with E-state index in [4.69, 9.17) is 0 Å². The maximum Gasteiger partial charge on any atom is 0.263 e. The first-order valence-corrected chi connectivity index (χ1v) is 9.71. The Bertz CT molecular complexity index is 842. The molecule has 1 heterocycles. The highest BCUT2D eigenvalue weighted by Crippen LogP contribution is 2.35. The van der Waals surface area contributed by atoms with Crippen molar-refractivity contribution in [2.45, 2.75) is 17.2 Å². The molecule has 0 radical (unpaired) electrons. The van der Waals surface area contributed by atoms with E-state index in [0.717, 1.165) is 4.90 Å². The molecule has 2 aromatic rings. The van der Waals surface area contributed by atoms with Crippen molar-refractivity contribution in [3.63, 3.8) is 0 Å². The highest BCUT2D eigenvalue weighted by Gasteiger charge is 2.44. The van der Waals surface area contributed by atoms with Crippen LogP contribution in [-0.2, 0) is 9.59 Å². The molecule has 0 spiro atoms. The second kappa shape index (κ2) is 8.08. The summed E-state index contributed by atoms with van der Waals surface area (Å²) in [6.45, 7) is 0.370. The van der Waals surface area contributed by atoms with Gasteiger partial charge in [0, 0.05) is 30.0 Å². The number of rotatable bonds is 5. The van der Waals surface area contributed by atoms with E-state index in [-0.39, 0.29) is 23.3 Å². The van der Waals surface area contributed by atoms with Crippen LogP contribution < -0.4 is 5.32 Å². The Hall–Kier alpha value is -2.41. The van der Waals surface area contributed by atoms with Crippen LogP contribution in [0.25, 0.3) is 0 Å². The van der Waals surface area contributed by atoms with Crippen LogP contribution in [0.4, 0.5) is 14.5 Å². The number of carbonyl (C=O) groups is 2. The van der Waals surface area contributed by atoms with Gasteiger partial charge in [-0.25, -0.2) is 8.78 Å². The van der Waals surface area contributed by atoms with Crippen LogP contribution in [0.2, 0.25) is 0 Å². The van der Waals surface area contributed by atoms with E-state index >= 15 is 0 Å². The van der Waals surface area contributed by atoms with Crippen molar-refractivity contribution in [2.75, 3.05) is 25.2 Å². The molecule has 0 aromatic heterocycles. The zero-order chi connectivity index (χ0) is 19.6. The van der Waals surface area contributed by atoms with Gasteiger partial charge in [0.2, 0.25) is 11.8 Å². The van der Waals surface area contributed by atoms with Gasteiger partial charge >= 0.3 is 0 Å². The van der Waals surface area contributed by atoms with Crippen LogP contribution in [0.1, 0.15) is 23.5 Å². The van der Waals surface area contributed by atoms with Crippen molar-refractivity contribution in [1.82, 2.24) is 4.90 Å². The molecule has 142 valence electrons. The molecule has 2 amide bonds. The third-order valence-electron chi connectivity index (χ3n) is 4.78. The van der Waals surface area contributed by atoms with Gasteiger partial charge in [-0.3, -0.25) is 9.59 Å². The second-order valence-corrected chi connectivity index (χ2v) is 7.31. The van der Waals surface area contributed by atoms with Crippen molar-refractivity contribution < 1.29 is 18.4 Å². The van der Waals surface area contributed by atoms with E-state index in [0.29, 0.717) is 17.8 Å². The first-order valence-electron chi connectivity index (χ1n) is 8.49. The van der Waals surface area contributed by atoms with Crippen LogP contribution >= 0.6 is 11.8 Å². The van der Waals surface area contributed by atoms with E-state index in [2.05, 4.69) is 5.32 Å². The molecule has 1 saturated heterocycles. The summed E-state index contributed by atoms with van der Waals surface area (Å²) in [5.41, 5.74) is 1.28. The molecule has 3 rings (SSSR count). The number of nitrogens with zero attached hydrogens (tertiary/aromatic N) is 1. The molecular weight excluding hydrogens is 370 g/mol. The molecule has 0 saturated carbocycles. The van der Waals surface area contributed by atoms with Gasteiger partial charge in [0.15, 0.2) is 0 Å². The Kier molecular flexibility index (Phi) is 5.79. The number of anilines is 1. The molecule has 1 aliphatic rings. The second-order valence-electron chi connectivity index (χ2n) is 6.46. The van der Waals surface area contributed by atoms with Gasteiger partial charge in [0.25, 0.3) is 6.43 Å². The third kappa shape index (κ3) is 3.98. The van der Waals surface area contributed by atoms with E-state index in [1.165, 1.54) is 28.8 Å². The van der Waals surface area contributed by atoms with Gasteiger partial charge in [-0.1, -0.05) is 36.4 Å². The first-order chi connectivity index (χ1) is 12.9. The van der Waals surface area contributed by atoms with E-state index in [9.17, 15) is 18.4 Å². The summed E-state index contributed by atoms with van der Waals surface area (Å²) in [5, 5.41) is 2.86. The topological polar surface area (TPSA) is 49.4 Å². The summed E-state index contributed by atoms with van der Waals surface area (Å²) in [6, 6.07) is 13.2. The van der Waals surface area contributed by atoms with Crippen molar-refractivity contribution in [2.24, 2.45) is 5.92 Å². The molecule has 0 aliphatic carbocycles. The van der Waals surface area contributed by atoms with Crippen LogP contribution in [0.5, 0.6) is 0 Å². The summed E-state index contributed by atoms with van der Waals surface area (Å²) in [7, 11) is 1.64. The predicted octanol–water partition coefficient (Wildman–Crippen LogP) is 4.16. The number of benzene rings is 2. The minimum atomic E-state index is -2.55. The zero-order valence-corrected chi connectivity index (χ0v) is 15.8. The molecule has 27 heavy (non-hydrogen) atoms. The Morgan fingerprint density at radius 1 is 1.19 bits per heavy atom. The van der Waals surface area contributed by atoms with Crippen LogP contribution in [-0.4, -0.2) is 36.6 Å². The molecule has 2 atom stereocenters. The number of amides is 2. The van der Waals surface area contributed by atoms with Gasteiger partial charge < -0.3 is 10.2 Å². The summed E-state index contributed by atoms with van der Waals surface area (Å²) in [6.07, 6.45) is -0.638. The SMILES string of the molecule is CSc1ccccc1NC(=O)[C@H]1C(=O)N(C)C[C@@H]1c1ccc(C(F)F)cc1. The number of hydrogen-bond acceptors (Lipinski definition) is 3. The fraction of sp³-hybridized carbons (Fsp3) is 0.300. The highest BCUT2D eigenvalue weighted by molar-refractivity contribution is 7.98. The minimum absolute atomic E-state index is 0.0775. The van der Waals surface area contributed by atoms with E-state index in [1.54, 1.807) is 25.2 Å². The molecule has 1 N–H and O–H groups in total. The normalized spacial score (nSPS) is 19.6. The number of alkyl halides is 2. The number of likely N-dealkylation sites (N-methyl/N-ethyl adjacent to an activating group) is 1. The highest BCUT2D eigenvalue weighted by atomic mass is 32.2. The smallest absolute Gasteiger partial charge is 0.263 e. The van der Waals surface area contributed by atoms with Crippen LogP contribution in [0, 0.1) is 5.92 Å². The number of thioether (sulfide) groups is 1. The van der Waals surface area contributed by atoms with Gasteiger partial charge in [-0.2, -0.15) is 0 Å². The summed E-state index contributed by atoms with van der Waals surface area (Å²) in [4.78, 5) is 27.9. The van der Waals surface area contributed by atoms with Crippen LogP contribution in [0.15, 0.2) is 53.4 Å². The molecule has 2 aromatic carbocycles. The lowest BCUT2D eigenvalue weighted by Gasteiger charge is -2.18. The lowest BCUT2D eigenvalue weighted by atomic mass is 9.87. The number of carbonyl (C=O) groups excluding carboxylic acids is 2. The van der Waals surface area contributed by atoms with Crippen molar-refractivity contribution >= 4 is 29.3 Å². The molecule has 4 nitrogen and oxygen atoms in total. The number of halogens is 2. The van der Waals surface area contributed by atoms with Crippen molar-refractivity contribution in [1.29, 1.82) is 0 Å². The van der Waals surface area contributed by atoms with E-state index < -0.39 is 12.3 Å². The van der Waals surface area contributed by atoms with Crippen molar-refractivity contribution in [3.05, 3.63) is 59.7 Å². The number of hydrogen-bond donors (Lipinski definition) is 1. The zero-order valence-electron chi connectivity index (χ0n) is 15.0. The lowest BCUT2D eigenvalue weighted by molar-refractivity contribution is -0.135. The summed E-state index contributed by atoms with van der Waals surface area (Å²) in [5.74, 6) is -1.91. The Balaban J connectivity index is 1.86. The van der Waals surface area contributed by atoms with Crippen molar-refractivity contribution in [3.8, 4) is 0 Å². The minimum Gasteiger partial charge on any atom is -0.344 e. The fourth-order valence-corrected chi connectivity index (χ4v) is 3.89. The largest absolute Gasteiger partial charge is 0.344 e. The van der Waals surface area contributed by atoms with Gasteiger partial charge in [0.05, 0.1) is 5.69 Å². The standard InChI is InChI=1S/C20H20F2N2O2S/c1-24-11-14(12-7-9-13(10-8-12)18(21)22)17(20(24)26)19(25)23-15-5-3-4-6-16(15)27-2/h3-10,14,17-18H,11H2,1-2H3,(H,23,25)/t14-,17+/m1/s1. The quantitative estimate of drug-likeness (QED) is 0.616. The molecular formula is C20H20F2N2O2S. The summed E-state index contributed by atoms with van der Waals surface area (Å²) < 4.78 is 25.6.